The molecule has 168 valence electrons. The largest absolute Gasteiger partial charge is 0.573 e. The molecule has 5 aromatic rings. The fourth-order valence-electron chi connectivity index (χ4n) is 4.15. The van der Waals surface area contributed by atoms with Crippen LogP contribution in [0.25, 0.3) is 42.7 Å². The molecule has 33 heavy (non-hydrogen) atoms. The molecule has 0 unspecified atom stereocenters. The molecule has 0 saturated carbocycles. The number of alkyl halides is 3. The van der Waals surface area contributed by atoms with Crippen LogP contribution in [0.4, 0.5) is 13.2 Å². The molecule has 0 saturated heterocycles. The van der Waals surface area contributed by atoms with Crippen molar-refractivity contribution in [3.8, 4) is 22.5 Å². The van der Waals surface area contributed by atoms with E-state index in [1.807, 2.05) is 18.2 Å². The summed E-state index contributed by atoms with van der Waals surface area (Å²) in [7, 11) is 0. The maximum absolute atomic E-state index is 13.0. The van der Waals surface area contributed by atoms with Gasteiger partial charge in [0.25, 0.3) is 0 Å². The van der Waals surface area contributed by atoms with Gasteiger partial charge in [0, 0.05) is 32.1 Å². The Bertz CT molecular complexity index is 1430. The predicted molar refractivity (Wildman–Crippen MR) is 127 cm³/mol. The minimum Gasteiger partial charge on any atom is -0.573 e. The molecule has 0 spiro atoms. The van der Waals surface area contributed by atoms with Crippen LogP contribution in [0, 0.1) is 0 Å². The van der Waals surface area contributed by atoms with Gasteiger partial charge in [-0.15, -0.1) is 11.3 Å². The Hall–Kier alpha value is -3.19. The first-order chi connectivity index (χ1) is 15.9. The lowest BCUT2D eigenvalue weighted by atomic mass is 9.94. The fraction of sp³-hybridized carbons (Fsp3) is 0.231. The SMILES string of the molecule is CCCCCc1cc2c(cc1-c1ccnc(-c3cc(C(F)(F)F)n[n-]3)c1)sc1ccccc12. The molecule has 0 fully saturated rings. The highest BCUT2D eigenvalue weighted by Gasteiger charge is 2.31. The molecule has 3 heterocycles. The molecule has 0 aliphatic carbocycles. The van der Waals surface area contributed by atoms with Crippen LogP contribution in [-0.2, 0) is 12.6 Å². The summed E-state index contributed by atoms with van der Waals surface area (Å²) >= 11 is 1.75. The number of unbranched alkanes of at least 4 members (excludes halogenated alkanes) is 2. The Balaban J connectivity index is 1.62. The third kappa shape index (κ3) is 4.25. The van der Waals surface area contributed by atoms with Gasteiger partial charge in [-0.25, -0.2) is 0 Å². The van der Waals surface area contributed by atoms with Crippen molar-refractivity contribution in [3.63, 3.8) is 0 Å². The molecule has 0 aliphatic heterocycles. The Morgan fingerprint density at radius 1 is 0.939 bits per heavy atom. The number of thiophene rings is 1. The summed E-state index contributed by atoms with van der Waals surface area (Å²) in [6.45, 7) is 2.18. The number of pyridine rings is 1. The van der Waals surface area contributed by atoms with Crippen molar-refractivity contribution >= 4 is 31.5 Å². The van der Waals surface area contributed by atoms with E-state index in [1.165, 1.54) is 25.7 Å². The molecule has 0 atom stereocenters. The van der Waals surface area contributed by atoms with E-state index in [9.17, 15) is 13.2 Å². The quantitative estimate of drug-likeness (QED) is 0.240. The van der Waals surface area contributed by atoms with Gasteiger partial charge in [-0.3, -0.25) is 4.98 Å². The Kier molecular flexibility index (Phi) is 5.66. The number of nitrogens with zero attached hydrogens (tertiary/aromatic N) is 3. The third-order valence-electron chi connectivity index (χ3n) is 5.81. The fourth-order valence-corrected chi connectivity index (χ4v) is 5.28. The smallest absolute Gasteiger partial charge is 0.431 e. The zero-order chi connectivity index (χ0) is 23.0. The molecule has 7 heteroatoms. The van der Waals surface area contributed by atoms with Crippen LogP contribution < -0.4 is 5.10 Å². The van der Waals surface area contributed by atoms with Crippen LogP contribution in [-0.4, -0.2) is 10.1 Å². The van der Waals surface area contributed by atoms with Gasteiger partial charge in [0.2, 0.25) is 0 Å². The van der Waals surface area contributed by atoms with Gasteiger partial charge in [-0.1, -0.05) is 43.7 Å². The minimum absolute atomic E-state index is 0.125. The Morgan fingerprint density at radius 2 is 1.79 bits per heavy atom. The summed E-state index contributed by atoms with van der Waals surface area (Å²) in [6, 6.07) is 17.5. The van der Waals surface area contributed by atoms with Crippen LogP contribution in [0.15, 0.2) is 60.8 Å². The van der Waals surface area contributed by atoms with Crippen molar-refractivity contribution in [3.05, 3.63) is 72.1 Å². The molecule has 0 bridgehead atoms. The van der Waals surface area contributed by atoms with Crippen LogP contribution >= 0.6 is 11.3 Å². The molecule has 3 nitrogen and oxygen atoms in total. The maximum atomic E-state index is 13.0. The molecular formula is C26H21F3N3S-. The molecule has 3 aromatic heterocycles. The van der Waals surface area contributed by atoms with Crippen LogP contribution in [0.1, 0.15) is 37.4 Å². The maximum Gasteiger partial charge on any atom is 0.431 e. The van der Waals surface area contributed by atoms with Gasteiger partial charge in [-0.2, -0.15) is 13.2 Å². The highest BCUT2D eigenvalue weighted by Crippen LogP contribution is 2.39. The van der Waals surface area contributed by atoms with Gasteiger partial charge in [-0.05, 0) is 65.9 Å². The van der Waals surface area contributed by atoms with Crippen molar-refractivity contribution in [1.82, 2.24) is 15.2 Å². The zero-order valence-corrected chi connectivity index (χ0v) is 18.8. The van der Waals surface area contributed by atoms with Gasteiger partial charge in [0.05, 0.1) is 0 Å². The van der Waals surface area contributed by atoms with E-state index in [-0.39, 0.29) is 5.69 Å². The van der Waals surface area contributed by atoms with Crippen molar-refractivity contribution in [1.29, 1.82) is 0 Å². The summed E-state index contributed by atoms with van der Waals surface area (Å²) in [5.74, 6) is 0. The van der Waals surface area contributed by atoms with Crippen LogP contribution in [0.2, 0.25) is 0 Å². The first-order valence-corrected chi connectivity index (χ1v) is 11.7. The standard InChI is InChI=1S/C26H21F3N3S/c1-2-3-4-7-16-12-20-18-8-5-6-9-23(18)33-24(20)14-19(16)17-10-11-30-21(13-17)22-15-25(32-31-22)26(27,28)29/h5-6,8-15H,2-4,7H2,1H3/q-1. The number of benzene rings is 2. The number of aromatic nitrogens is 3. The lowest BCUT2D eigenvalue weighted by Crippen LogP contribution is -2.04. The second kappa shape index (κ2) is 8.63. The lowest BCUT2D eigenvalue weighted by molar-refractivity contribution is -0.141. The monoisotopic (exact) mass is 464 g/mol. The second-order valence-electron chi connectivity index (χ2n) is 8.10. The van der Waals surface area contributed by atoms with E-state index in [0.29, 0.717) is 5.69 Å². The van der Waals surface area contributed by atoms with E-state index >= 15 is 0 Å². The van der Waals surface area contributed by atoms with Gasteiger partial charge in [0.1, 0.15) is 5.69 Å². The number of halogens is 3. The van der Waals surface area contributed by atoms with Crippen molar-refractivity contribution in [2.45, 2.75) is 38.8 Å². The number of hydrogen-bond acceptors (Lipinski definition) is 3. The minimum atomic E-state index is -4.53. The average Bonchev–Trinajstić information content (AvgIpc) is 3.44. The van der Waals surface area contributed by atoms with Gasteiger partial charge < -0.3 is 10.2 Å². The predicted octanol–water partition coefficient (Wildman–Crippen LogP) is 7.89. The number of aryl methyl sites for hydroxylation is 1. The molecule has 0 radical (unpaired) electrons. The zero-order valence-electron chi connectivity index (χ0n) is 18.0. The van der Waals surface area contributed by atoms with Gasteiger partial charge in [0.15, 0.2) is 0 Å². The topological polar surface area (TPSA) is 39.9 Å². The normalized spacial score (nSPS) is 12.1. The molecule has 0 aliphatic rings. The molecule has 0 N–H and O–H groups in total. The van der Waals surface area contributed by atoms with E-state index in [2.05, 4.69) is 52.4 Å². The van der Waals surface area contributed by atoms with E-state index in [0.717, 1.165) is 42.9 Å². The highest BCUT2D eigenvalue weighted by molar-refractivity contribution is 7.25. The average molecular weight is 465 g/mol. The summed E-state index contributed by atoms with van der Waals surface area (Å²) in [5.41, 5.74) is 2.75. The van der Waals surface area contributed by atoms with Crippen LogP contribution in [0.5, 0.6) is 0 Å². The first kappa shape index (κ1) is 21.6. The second-order valence-corrected chi connectivity index (χ2v) is 9.19. The Morgan fingerprint density at radius 3 is 2.58 bits per heavy atom. The number of fused-ring (bicyclic) bond motifs is 3. The first-order valence-electron chi connectivity index (χ1n) is 10.9. The highest BCUT2D eigenvalue weighted by atomic mass is 32.1. The third-order valence-corrected chi connectivity index (χ3v) is 6.95. The lowest BCUT2D eigenvalue weighted by Gasteiger charge is -2.13. The Labute approximate surface area is 193 Å². The van der Waals surface area contributed by atoms with E-state index in [4.69, 9.17) is 0 Å². The summed E-state index contributed by atoms with van der Waals surface area (Å²) in [5, 5.41) is 9.50. The summed E-state index contributed by atoms with van der Waals surface area (Å²) in [6.07, 6.45) is 1.40. The van der Waals surface area contributed by atoms with Crippen molar-refractivity contribution in [2.24, 2.45) is 0 Å². The molecular weight excluding hydrogens is 443 g/mol. The van der Waals surface area contributed by atoms with Crippen LogP contribution in [0.3, 0.4) is 0 Å². The van der Waals surface area contributed by atoms with E-state index in [1.54, 1.807) is 17.5 Å². The summed E-state index contributed by atoms with van der Waals surface area (Å²) < 4.78 is 41.4. The van der Waals surface area contributed by atoms with E-state index < -0.39 is 11.9 Å². The molecule has 2 aromatic carbocycles. The number of rotatable bonds is 6. The molecule has 0 amide bonds. The number of hydrogen-bond donors (Lipinski definition) is 0. The molecule has 5 rings (SSSR count). The van der Waals surface area contributed by atoms with Gasteiger partial charge >= 0.3 is 6.18 Å². The van der Waals surface area contributed by atoms with Crippen molar-refractivity contribution in [2.75, 3.05) is 0 Å². The summed E-state index contributed by atoms with van der Waals surface area (Å²) in [4.78, 5) is 4.27. The van der Waals surface area contributed by atoms with Crippen molar-refractivity contribution < 1.29 is 13.2 Å².